The second-order valence-corrected chi connectivity index (χ2v) is 6.09. The van der Waals surface area contributed by atoms with Gasteiger partial charge in [0, 0.05) is 23.8 Å². The molecule has 0 spiro atoms. The summed E-state index contributed by atoms with van der Waals surface area (Å²) in [4.78, 5) is 19.1. The number of nitrogens with two attached hydrogens (primary N) is 1. The summed E-state index contributed by atoms with van der Waals surface area (Å²) in [6, 6.07) is 6.77. The van der Waals surface area contributed by atoms with Crippen LogP contribution in [0.15, 0.2) is 30.5 Å². The van der Waals surface area contributed by atoms with Crippen molar-refractivity contribution in [2.45, 2.75) is 12.8 Å². The molecule has 1 aromatic heterocycles. The molecule has 9 heteroatoms. The number of amides is 1. The van der Waals surface area contributed by atoms with E-state index in [4.69, 9.17) is 26.8 Å². The first-order valence-electron chi connectivity index (χ1n) is 8.64. The van der Waals surface area contributed by atoms with E-state index in [-0.39, 0.29) is 5.69 Å². The number of hydrogen-bond donors (Lipinski definition) is 3. The Balaban J connectivity index is 1.55. The van der Waals surface area contributed by atoms with Crippen LogP contribution in [0.25, 0.3) is 0 Å². The predicted octanol–water partition coefficient (Wildman–Crippen LogP) is 2.10. The van der Waals surface area contributed by atoms with Crippen LogP contribution in [0.4, 0.5) is 5.95 Å². The summed E-state index contributed by atoms with van der Waals surface area (Å²) in [6.45, 7) is 2.92. The maximum Gasteiger partial charge on any atom is 0.267 e. The fourth-order valence-corrected chi connectivity index (χ4v) is 2.42. The van der Waals surface area contributed by atoms with Gasteiger partial charge < -0.3 is 25.8 Å². The molecule has 146 valence electrons. The number of halogens is 1. The summed E-state index contributed by atoms with van der Waals surface area (Å²) in [5.41, 5.74) is 5.38. The highest BCUT2D eigenvalue weighted by Crippen LogP contribution is 2.29. The first-order chi connectivity index (χ1) is 13.1. The van der Waals surface area contributed by atoms with Gasteiger partial charge in [0.2, 0.25) is 5.95 Å². The SMILES string of the molecule is COc1ccc(Cl)cc1OCCCNCCCNc1nccc(C(N)=O)n1. The van der Waals surface area contributed by atoms with E-state index in [1.165, 1.54) is 12.3 Å². The van der Waals surface area contributed by atoms with Gasteiger partial charge in [-0.2, -0.15) is 0 Å². The smallest absolute Gasteiger partial charge is 0.267 e. The number of hydrogen-bond acceptors (Lipinski definition) is 7. The summed E-state index contributed by atoms with van der Waals surface area (Å²) in [5.74, 6) is 1.14. The molecule has 1 heterocycles. The van der Waals surface area contributed by atoms with Crippen LogP contribution in [0, 0.1) is 0 Å². The molecule has 4 N–H and O–H groups in total. The number of aromatic nitrogens is 2. The number of nitrogens with zero attached hydrogens (tertiary/aromatic N) is 2. The Morgan fingerprint density at radius 3 is 2.78 bits per heavy atom. The minimum Gasteiger partial charge on any atom is -0.493 e. The fourth-order valence-electron chi connectivity index (χ4n) is 2.26. The van der Waals surface area contributed by atoms with Gasteiger partial charge in [0.25, 0.3) is 5.91 Å². The zero-order valence-corrected chi connectivity index (χ0v) is 16.0. The van der Waals surface area contributed by atoms with Crippen molar-refractivity contribution in [2.24, 2.45) is 5.73 Å². The highest BCUT2D eigenvalue weighted by molar-refractivity contribution is 6.30. The number of methoxy groups -OCH3 is 1. The Morgan fingerprint density at radius 1 is 1.19 bits per heavy atom. The molecule has 0 bridgehead atoms. The standard InChI is InChI=1S/C18H24ClN5O3/c1-26-15-5-4-13(19)12-16(15)27-11-3-8-21-7-2-9-22-18-23-10-6-14(24-18)17(20)25/h4-6,10,12,21H,2-3,7-9,11H2,1H3,(H2,20,25)(H,22,23,24). The van der Waals surface area contributed by atoms with Gasteiger partial charge in [0.1, 0.15) is 5.69 Å². The van der Waals surface area contributed by atoms with Gasteiger partial charge in [-0.15, -0.1) is 0 Å². The summed E-state index contributed by atoms with van der Waals surface area (Å²) < 4.78 is 10.9. The number of nitrogens with one attached hydrogen (secondary N) is 2. The monoisotopic (exact) mass is 393 g/mol. The highest BCUT2D eigenvalue weighted by Gasteiger charge is 2.05. The molecule has 0 atom stereocenters. The largest absolute Gasteiger partial charge is 0.493 e. The summed E-state index contributed by atoms with van der Waals surface area (Å²) in [6.07, 6.45) is 3.24. The van der Waals surface area contributed by atoms with Crippen LogP contribution in [-0.2, 0) is 0 Å². The molecule has 1 aromatic carbocycles. The summed E-state index contributed by atoms with van der Waals surface area (Å²) >= 11 is 5.97. The van der Waals surface area contributed by atoms with E-state index in [0.717, 1.165) is 25.9 Å². The molecule has 2 aromatic rings. The van der Waals surface area contributed by atoms with Gasteiger partial charge in [-0.3, -0.25) is 4.79 Å². The average molecular weight is 394 g/mol. The Hall–Kier alpha value is -2.58. The molecule has 0 saturated heterocycles. The molecule has 0 radical (unpaired) electrons. The Morgan fingerprint density at radius 2 is 2.00 bits per heavy atom. The molecule has 0 unspecified atom stereocenters. The van der Waals surface area contributed by atoms with Crippen molar-refractivity contribution < 1.29 is 14.3 Å². The molecule has 0 saturated carbocycles. The molecule has 0 fully saturated rings. The van der Waals surface area contributed by atoms with Gasteiger partial charge in [0.15, 0.2) is 11.5 Å². The van der Waals surface area contributed by atoms with Crippen molar-refractivity contribution in [1.29, 1.82) is 0 Å². The highest BCUT2D eigenvalue weighted by atomic mass is 35.5. The van der Waals surface area contributed by atoms with E-state index in [1.807, 2.05) is 0 Å². The topological polar surface area (TPSA) is 111 Å². The van der Waals surface area contributed by atoms with Crippen molar-refractivity contribution in [1.82, 2.24) is 15.3 Å². The molecular weight excluding hydrogens is 370 g/mol. The lowest BCUT2D eigenvalue weighted by Crippen LogP contribution is -2.21. The van der Waals surface area contributed by atoms with Gasteiger partial charge >= 0.3 is 0 Å². The van der Waals surface area contributed by atoms with Crippen molar-refractivity contribution in [3.8, 4) is 11.5 Å². The lowest BCUT2D eigenvalue weighted by Gasteiger charge is -2.11. The number of primary amides is 1. The van der Waals surface area contributed by atoms with Crippen molar-refractivity contribution in [2.75, 3.05) is 38.7 Å². The second kappa shape index (κ2) is 11.2. The minimum absolute atomic E-state index is 0.196. The molecule has 1 amide bonds. The number of ether oxygens (including phenoxy) is 2. The van der Waals surface area contributed by atoms with Crippen molar-refractivity contribution in [3.05, 3.63) is 41.2 Å². The van der Waals surface area contributed by atoms with E-state index >= 15 is 0 Å². The zero-order valence-electron chi connectivity index (χ0n) is 15.2. The normalized spacial score (nSPS) is 10.4. The fraction of sp³-hybridized carbons (Fsp3) is 0.389. The number of benzene rings is 1. The van der Waals surface area contributed by atoms with Crippen LogP contribution < -0.4 is 25.8 Å². The van der Waals surface area contributed by atoms with Crippen LogP contribution in [0.3, 0.4) is 0 Å². The van der Waals surface area contributed by atoms with E-state index in [9.17, 15) is 4.79 Å². The number of carbonyl (C=O) groups is 1. The molecule has 27 heavy (non-hydrogen) atoms. The Labute approximate surface area is 163 Å². The summed E-state index contributed by atoms with van der Waals surface area (Å²) in [5, 5.41) is 7.01. The van der Waals surface area contributed by atoms with Crippen LogP contribution in [0.2, 0.25) is 5.02 Å². The van der Waals surface area contributed by atoms with E-state index in [0.29, 0.717) is 35.6 Å². The van der Waals surface area contributed by atoms with Crippen LogP contribution in [0.1, 0.15) is 23.3 Å². The molecule has 2 rings (SSSR count). The predicted molar refractivity (Wildman–Crippen MR) is 105 cm³/mol. The number of carbonyl (C=O) groups excluding carboxylic acids is 1. The third-order valence-corrected chi connectivity index (χ3v) is 3.84. The molecule has 0 aliphatic rings. The van der Waals surface area contributed by atoms with Gasteiger partial charge in [-0.25, -0.2) is 9.97 Å². The van der Waals surface area contributed by atoms with E-state index in [2.05, 4.69) is 20.6 Å². The maximum absolute atomic E-state index is 11.1. The molecule has 0 aliphatic heterocycles. The van der Waals surface area contributed by atoms with Crippen molar-refractivity contribution >= 4 is 23.5 Å². The van der Waals surface area contributed by atoms with Gasteiger partial charge in [-0.1, -0.05) is 11.6 Å². The second-order valence-electron chi connectivity index (χ2n) is 5.66. The first-order valence-corrected chi connectivity index (χ1v) is 9.01. The van der Waals surface area contributed by atoms with Crippen LogP contribution >= 0.6 is 11.6 Å². The van der Waals surface area contributed by atoms with E-state index in [1.54, 1.807) is 25.3 Å². The average Bonchev–Trinajstić information content (AvgIpc) is 2.67. The first kappa shape index (κ1) is 20.7. The number of rotatable bonds is 12. The lowest BCUT2D eigenvalue weighted by molar-refractivity contribution is 0.0995. The Bertz CT molecular complexity index is 745. The molecule has 0 aliphatic carbocycles. The summed E-state index contributed by atoms with van der Waals surface area (Å²) in [7, 11) is 1.60. The Kier molecular flexibility index (Phi) is 8.60. The van der Waals surface area contributed by atoms with Gasteiger partial charge in [-0.05, 0) is 44.1 Å². The van der Waals surface area contributed by atoms with Crippen LogP contribution in [-0.4, -0.2) is 49.2 Å². The lowest BCUT2D eigenvalue weighted by atomic mass is 10.3. The third-order valence-electron chi connectivity index (χ3n) is 3.60. The van der Waals surface area contributed by atoms with Gasteiger partial charge in [0.05, 0.1) is 13.7 Å². The molecule has 8 nitrogen and oxygen atoms in total. The quantitative estimate of drug-likeness (QED) is 0.473. The third kappa shape index (κ3) is 7.28. The van der Waals surface area contributed by atoms with E-state index < -0.39 is 5.91 Å². The number of anilines is 1. The maximum atomic E-state index is 11.1. The van der Waals surface area contributed by atoms with Crippen molar-refractivity contribution in [3.63, 3.8) is 0 Å². The minimum atomic E-state index is -0.570. The van der Waals surface area contributed by atoms with Crippen LogP contribution in [0.5, 0.6) is 11.5 Å². The zero-order chi connectivity index (χ0) is 19.5. The molecular formula is C18H24ClN5O3.